The van der Waals surface area contributed by atoms with Crippen molar-refractivity contribution >= 4 is 5.78 Å². The molecule has 6 nitrogen and oxygen atoms in total. The van der Waals surface area contributed by atoms with Crippen LogP contribution in [0, 0.1) is 13.8 Å². The summed E-state index contributed by atoms with van der Waals surface area (Å²) >= 11 is 0. The Balaban J connectivity index is 2.10. The molecule has 0 saturated heterocycles. The first-order chi connectivity index (χ1) is 9.67. The van der Waals surface area contributed by atoms with Crippen LogP contribution in [0.25, 0.3) is 5.78 Å². The largest absolute Gasteiger partial charge is 0.493 e. The molecule has 0 fully saturated rings. The zero-order valence-corrected chi connectivity index (χ0v) is 11.5. The first-order valence-electron chi connectivity index (χ1n) is 6.19. The number of ether oxygens (including phenoxy) is 2. The molecular weight excluding hydrogens is 256 g/mol. The van der Waals surface area contributed by atoms with E-state index in [1.807, 2.05) is 44.2 Å². The maximum atomic E-state index is 5.90. The zero-order chi connectivity index (χ0) is 14.1. The second-order valence-corrected chi connectivity index (χ2v) is 4.36. The van der Waals surface area contributed by atoms with Crippen molar-refractivity contribution in [3.8, 4) is 17.4 Å². The summed E-state index contributed by atoms with van der Waals surface area (Å²) in [6.07, 6.45) is 0. The molecule has 0 saturated carbocycles. The highest BCUT2D eigenvalue weighted by Gasteiger charge is 2.11. The number of fused-ring (bicyclic) bond motifs is 1. The Labute approximate surface area is 116 Å². The van der Waals surface area contributed by atoms with E-state index in [0.717, 1.165) is 5.69 Å². The summed E-state index contributed by atoms with van der Waals surface area (Å²) in [6, 6.07) is 9.26. The van der Waals surface area contributed by atoms with Gasteiger partial charge >= 0.3 is 0 Å². The van der Waals surface area contributed by atoms with Crippen LogP contribution in [0.4, 0.5) is 0 Å². The van der Waals surface area contributed by atoms with Gasteiger partial charge in [-0.05, 0) is 26.0 Å². The van der Waals surface area contributed by atoms with Crippen molar-refractivity contribution in [1.82, 2.24) is 19.6 Å². The quantitative estimate of drug-likeness (QED) is 0.732. The van der Waals surface area contributed by atoms with Gasteiger partial charge in [0.25, 0.3) is 5.78 Å². The Morgan fingerprint density at radius 3 is 2.55 bits per heavy atom. The van der Waals surface area contributed by atoms with E-state index in [2.05, 4.69) is 15.1 Å². The number of hydrogen-bond donors (Lipinski definition) is 0. The van der Waals surface area contributed by atoms with Crippen molar-refractivity contribution in [2.24, 2.45) is 0 Å². The molecular formula is C14H14N4O2. The third kappa shape index (κ3) is 2.16. The average Bonchev–Trinajstić information content (AvgIpc) is 2.79. The summed E-state index contributed by atoms with van der Waals surface area (Å²) in [4.78, 5) is 8.57. The molecule has 0 aliphatic rings. The predicted octanol–water partition coefficient (Wildman–Crippen LogP) is 2.54. The van der Waals surface area contributed by atoms with Crippen LogP contribution in [0.3, 0.4) is 0 Å². The number of hydrogen-bond acceptors (Lipinski definition) is 5. The molecule has 3 rings (SSSR count). The molecule has 3 aromatic rings. The molecule has 0 aliphatic carbocycles. The topological polar surface area (TPSA) is 61.5 Å². The Morgan fingerprint density at radius 1 is 1.05 bits per heavy atom. The van der Waals surface area contributed by atoms with Gasteiger partial charge in [0.05, 0.1) is 7.11 Å². The van der Waals surface area contributed by atoms with Crippen LogP contribution in [0.2, 0.25) is 0 Å². The van der Waals surface area contributed by atoms with E-state index < -0.39 is 0 Å². The molecule has 0 aliphatic heterocycles. The van der Waals surface area contributed by atoms with E-state index in [1.54, 1.807) is 11.6 Å². The fraction of sp³-hybridized carbons (Fsp3) is 0.214. The second kappa shape index (κ2) is 4.80. The normalized spacial score (nSPS) is 10.8. The van der Waals surface area contributed by atoms with E-state index in [1.165, 1.54) is 0 Å². The minimum Gasteiger partial charge on any atom is -0.493 e. The number of aromatic nitrogens is 4. The molecule has 2 aromatic heterocycles. The van der Waals surface area contributed by atoms with Gasteiger partial charge in [0, 0.05) is 11.8 Å². The molecule has 0 amide bonds. The smallest absolute Gasteiger partial charge is 0.255 e. The highest BCUT2D eigenvalue weighted by molar-refractivity contribution is 5.43. The van der Waals surface area contributed by atoms with Gasteiger partial charge in [0.1, 0.15) is 5.82 Å². The third-order valence-corrected chi connectivity index (χ3v) is 2.80. The van der Waals surface area contributed by atoms with Crippen molar-refractivity contribution in [3.05, 3.63) is 41.9 Å². The molecule has 20 heavy (non-hydrogen) atoms. The second-order valence-electron chi connectivity index (χ2n) is 4.36. The van der Waals surface area contributed by atoms with E-state index in [4.69, 9.17) is 9.47 Å². The van der Waals surface area contributed by atoms with Crippen LogP contribution in [-0.2, 0) is 0 Å². The Morgan fingerprint density at radius 2 is 1.80 bits per heavy atom. The minimum atomic E-state index is 0.521. The molecule has 0 spiro atoms. The maximum Gasteiger partial charge on any atom is 0.255 e. The zero-order valence-electron chi connectivity index (χ0n) is 11.5. The number of nitrogens with zero attached hydrogens (tertiary/aromatic N) is 4. The van der Waals surface area contributed by atoms with E-state index in [9.17, 15) is 0 Å². The summed E-state index contributed by atoms with van der Waals surface area (Å²) in [5.74, 6) is 3.00. The van der Waals surface area contributed by atoms with Gasteiger partial charge in [0.15, 0.2) is 11.5 Å². The Hall–Kier alpha value is -2.63. The van der Waals surface area contributed by atoms with Crippen molar-refractivity contribution in [2.75, 3.05) is 7.11 Å². The third-order valence-electron chi connectivity index (χ3n) is 2.80. The summed E-state index contributed by atoms with van der Waals surface area (Å²) in [5, 5.41) is 4.28. The van der Waals surface area contributed by atoms with Crippen LogP contribution < -0.4 is 9.47 Å². The van der Waals surface area contributed by atoms with Crippen LogP contribution in [-0.4, -0.2) is 26.7 Å². The van der Waals surface area contributed by atoms with Crippen molar-refractivity contribution in [3.63, 3.8) is 0 Å². The fourth-order valence-corrected chi connectivity index (χ4v) is 1.94. The number of benzene rings is 1. The molecule has 0 bridgehead atoms. The van der Waals surface area contributed by atoms with Gasteiger partial charge in [-0.2, -0.15) is 9.50 Å². The monoisotopic (exact) mass is 270 g/mol. The van der Waals surface area contributed by atoms with Gasteiger partial charge in [-0.3, -0.25) is 0 Å². The van der Waals surface area contributed by atoms with Crippen molar-refractivity contribution in [1.29, 1.82) is 0 Å². The standard InChI is InChI=1S/C14H14N4O2/c1-9-8-13(18-14(15-9)16-10(2)17-18)20-12-7-5-4-6-11(12)19-3/h4-8H,1-3H3. The first kappa shape index (κ1) is 12.4. The molecule has 0 atom stereocenters. The lowest BCUT2D eigenvalue weighted by molar-refractivity contribution is 0.369. The number of aryl methyl sites for hydroxylation is 2. The summed E-state index contributed by atoms with van der Waals surface area (Å²) in [5.41, 5.74) is 0.815. The lowest BCUT2D eigenvalue weighted by Gasteiger charge is -2.10. The Kier molecular flexibility index (Phi) is 2.98. The molecule has 0 N–H and O–H groups in total. The van der Waals surface area contributed by atoms with Crippen molar-refractivity contribution < 1.29 is 9.47 Å². The van der Waals surface area contributed by atoms with Crippen LogP contribution in [0.15, 0.2) is 30.3 Å². The molecule has 2 heterocycles. The molecule has 1 aromatic carbocycles. The average molecular weight is 270 g/mol. The van der Waals surface area contributed by atoms with Gasteiger partial charge in [-0.25, -0.2) is 4.98 Å². The van der Waals surface area contributed by atoms with Gasteiger partial charge in [-0.1, -0.05) is 12.1 Å². The highest BCUT2D eigenvalue weighted by atomic mass is 16.5. The van der Waals surface area contributed by atoms with Crippen LogP contribution in [0.1, 0.15) is 11.5 Å². The molecule has 102 valence electrons. The summed E-state index contributed by atoms with van der Waals surface area (Å²) < 4.78 is 12.8. The molecule has 0 unspecified atom stereocenters. The van der Waals surface area contributed by atoms with Gasteiger partial charge in [-0.15, -0.1) is 5.10 Å². The summed E-state index contributed by atoms with van der Waals surface area (Å²) in [7, 11) is 1.61. The molecule has 6 heteroatoms. The number of para-hydroxylation sites is 2. The maximum absolute atomic E-state index is 5.90. The number of methoxy groups -OCH3 is 1. The lowest BCUT2D eigenvalue weighted by atomic mass is 10.3. The van der Waals surface area contributed by atoms with Gasteiger partial charge < -0.3 is 9.47 Å². The van der Waals surface area contributed by atoms with Crippen molar-refractivity contribution in [2.45, 2.75) is 13.8 Å². The minimum absolute atomic E-state index is 0.521. The van der Waals surface area contributed by atoms with Crippen LogP contribution >= 0.6 is 0 Å². The van der Waals surface area contributed by atoms with E-state index in [-0.39, 0.29) is 0 Å². The lowest BCUT2D eigenvalue weighted by Crippen LogP contribution is -2.00. The van der Waals surface area contributed by atoms with E-state index >= 15 is 0 Å². The number of rotatable bonds is 3. The molecule has 0 radical (unpaired) electrons. The SMILES string of the molecule is COc1ccccc1Oc1cc(C)nc2nc(C)nn12. The van der Waals surface area contributed by atoms with E-state index in [0.29, 0.717) is 29.0 Å². The predicted molar refractivity (Wildman–Crippen MR) is 73.3 cm³/mol. The van der Waals surface area contributed by atoms with Crippen LogP contribution in [0.5, 0.6) is 17.4 Å². The summed E-state index contributed by atoms with van der Waals surface area (Å²) in [6.45, 7) is 3.70. The van der Waals surface area contributed by atoms with Gasteiger partial charge in [0.2, 0.25) is 5.88 Å². The fourth-order valence-electron chi connectivity index (χ4n) is 1.94. The first-order valence-corrected chi connectivity index (χ1v) is 6.19. The highest BCUT2D eigenvalue weighted by Crippen LogP contribution is 2.30. The Bertz CT molecular complexity index is 767.